The molecule has 0 aliphatic carbocycles. The Balaban J connectivity index is 0. The number of hydrogen-bond acceptors (Lipinski definition) is 5. The zero-order valence-corrected chi connectivity index (χ0v) is 11.7. The van der Waals surface area contributed by atoms with Crippen molar-refractivity contribution >= 4 is 0 Å². The van der Waals surface area contributed by atoms with Crippen LogP contribution in [-0.4, -0.2) is 62.1 Å². The quantitative estimate of drug-likeness (QED) is 0.669. The molecule has 17 heavy (non-hydrogen) atoms. The predicted octanol–water partition coefficient (Wildman–Crippen LogP) is 0.822. The van der Waals surface area contributed by atoms with E-state index in [2.05, 4.69) is 4.74 Å². The van der Waals surface area contributed by atoms with E-state index >= 15 is 0 Å². The molecule has 3 unspecified atom stereocenters. The van der Waals surface area contributed by atoms with Gasteiger partial charge in [-0.15, -0.1) is 0 Å². The first-order valence-corrected chi connectivity index (χ1v) is 5.98. The van der Waals surface area contributed by atoms with Crippen molar-refractivity contribution < 1.29 is 24.4 Å². The highest BCUT2D eigenvalue weighted by molar-refractivity contribution is 4.50. The SMILES string of the molecule is CCOC(C)COC(C)CO.COCC(C)O. The second kappa shape index (κ2) is 13.9. The zero-order chi connectivity index (χ0) is 13.7. The molecule has 0 bridgehead atoms. The van der Waals surface area contributed by atoms with Crippen LogP contribution in [0.2, 0.25) is 0 Å². The van der Waals surface area contributed by atoms with E-state index in [1.54, 1.807) is 14.0 Å². The summed E-state index contributed by atoms with van der Waals surface area (Å²) in [5.74, 6) is 0. The van der Waals surface area contributed by atoms with E-state index in [1.165, 1.54) is 0 Å². The summed E-state index contributed by atoms with van der Waals surface area (Å²) < 4.78 is 15.0. The molecule has 0 saturated heterocycles. The van der Waals surface area contributed by atoms with Crippen molar-refractivity contribution in [3.05, 3.63) is 0 Å². The van der Waals surface area contributed by atoms with Gasteiger partial charge in [-0.1, -0.05) is 0 Å². The topological polar surface area (TPSA) is 68.2 Å². The molecule has 0 heterocycles. The van der Waals surface area contributed by atoms with E-state index in [0.717, 1.165) is 0 Å². The molecule has 0 aromatic heterocycles. The van der Waals surface area contributed by atoms with Gasteiger partial charge >= 0.3 is 0 Å². The van der Waals surface area contributed by atoms with Crippen molar-refractivity contribution in [2.45, 2.75) is 46.0 Å². The second-order valence-electron chi connectivity index (χ2n) is 3.90. The standard InChI is InChI=1S/C8H18O3.C4H10O2/c1-4-10-8(3)6-11-7(2)5-9;1-4(5)3-6-2/h7-9H,4-6H2,1-3H3;4-5H,3H2,1-2H3. The lowest BCUT2D eigenvalue weighted by atomic mass is 10.4. The van der Waals surface area contributed by atoms with Gasteiger partial charge in [0, 0.05) is 13.7 Å². The molecule has 0 aromatic carbocycles. The van der Waals surface area contributed by atoms with Crippen LogP contribution in [0.3, 0.4) is 0 Å². The van der Waals surface area contributed by atoms with Crippen LogP contribution in [0, 0.1) is 0 Å². The highest BCUT2D eigenvalue weighted by Gasteiger charge is 2.04. The molecule has 0 amide bonds. The molecule has 5 heteroatoms. The largest absolute Gasteiger partial charge is 0.394 e. The fourth-order valence-corrected chi connectivity index (χ4v) is 0.926. The molecular weight excluding hydrogens is 224 g/mol. The maximum atomic E-state index is 8.61. The van der Waals surface area contributed by atoms with E-state index in [-0.39, 0.29) is 24.9 Å². The van der Waals surface area contributed by atoms with E-state index in [1.807, 2.05) is 20.8 Å². The van der Waals surface area contributed by atoms with Crippen molar-refractivity contribution in [3.8, 4) is 0 Å². The molecule has 0 spiro atoms. The second-order valence-corrected chi connectivity index (χ2v) is 3.90. The maximum Gasteiger partial charge on any atom is 0.0780 e. The van der Waals surface area contributed by atoms with Crippen molar-refractivity contribution in [1.29, 1.82) is 0 Å². The Labute approximate surface area is 105 Å². The third-order valence-electron chi connectivity index (χ3n) is 1.73. The zero-order valence-electron chi connectivity index (χ0n) is 11.7. The van der Waals surface area contributed by atoms with E-state index in [4.69, 9.17) is 19.7 Å². The van der Waals surface area contributed by atoms with Crippen LogP contribution in [0.25, 0.3) is 0 Å². The summed E-state index contributed by atoms with van der Waals surface area (Å²) in [7, 11) is 1.56. The molecule has 5 nitrogen and oxygen atoms in total. The molecule has 0 aliphatic rings. The Morgan fingerprint density at radius 1 is 1.00 bits per heavy atom. The van der Waals surface area contributed by atoms with Crippen LogP contribution >= 0.6 is 0 Å². The summed E-state index contributed by atoms with van der Waals surface area (Å²) in [6.07, 6.45) is -0.290. The van der Waals surface area contributed by atoms with Crippen LogP contribution in [-0.2, 0) is 14.2 Å². The van der Waals surface area contributed by atoms with Crippen molar-refractivity contribution in [2.75, 3.05) is 33.5 Å². The van der Waals surface area contributed by atoms with E-state index in [0.29, 0.717) is 19.8 Å². The molecule has 0 fully saturated rings. The predicted molar refractivity (Wildman–Crippen MR) is 67.1 cm³/mol. The summed E-state index contributed by atoms with van der Waals surface area (Å²) in [5.41, 5.74) is 0. The van der Waals surface area contributed by atoms with Crippen molar-refractivity contribution in [3.63, 3.8) is 0 Å². The molecule has 0 rings (SSSR count). The molecule has 0 radical (unpaired) electrons. The summed E-state index contributed by atoms with van der Waals surface area (Å²) in [5, 5.41) is 17.0. The molecule has 2 N–H and O–H groups in total. The minimum absolute atomic E-state index is 0.0683. The Bertz CT molecular complexity index is 141. The smallest absolute Gasteiger partial charge is 0.0780 e. The van der Waals surface area contributed by atoms with Gasteiger partial charge in [0.2, 0.25) is 0 Å². The van der Waals surface area contributed by atoms with Gasteiger partial charge < -0.3 is 24.4 Å². The summed E-state index contributed by atoms with van der Waals surface area (Å²) in [6, 6.07) is 0. The molecule has 106 valence electrons. The number of hydrogen-bond donors (Lipinski definition) is 2. The average molecular weight is 252 g/mol. The van der Waals surface area contributed by atoms with Gasteiger partial charge in [0.1, 0.15) is 0 Å². The molecular formula is C12H28O5. The molecule has 3 atom stereocenters. The Morgan fingerprint density at radius 2 is 1.59 bits per heavy atom. The lowest BCUT2D eigenvalue weighted by molar-refractivity contribution is -0.0424. The maximum absolute atomic E-state index is 8.61. The highest BCUT2D eigenvalue weighted by Crippen LogP contribution is 1.95. The normalized spacial score (nSPS) is 15.7. The Kier molecular flexibility index (Phi) is 15.6. The van der Waals surface area contributed by atoms with Crippen LogP contribution in [0.1, 0.15) is 27.7 Å². The first kappa shape index (κ1) is 19.1. The van der Waals surface area contributed by atoms with Gasteiger partial charge in [-0.2, -0.15) is 0 Å². The first-order chi connectivity index (χ1) is 7.97. The number of rotatable bonds is 8. The van der Waals surface area contributed by atoms with Gasteiger partial charge in [0.05, 0.1) is 38.1 Å². The molecule has 0 saturated carbocycles. The van der Waals surface area contributed by atoms with Gasteiger partial charge in [-0.3, -0.25) is 0 Å². The van der Waals surface area contributed by atoms with Crippen molar-refractivity contribution in [2.24, 2.45) is 0 Å². The highest BCUT2D eigenvalue weighted by atomic mass is 16.5. The van der Waals surface area contributed by atoms with Gasteiger partial charge in [0.15, 0.2) is 0 Å². The minimum Gasteiger partial charge on any atom is -0.394 e. The van der Waals surface area contributed by atoms with Crippen LogP contribution in [0.15, 0.2) is 0 Å². The summed E-state index contributed by atoms with van der Waals surface area (Å²) in [6.45, 7) is 9.17. The minimum atomic E-state index is -0.324. The Morgan fingerprint density at radius 3 is 1.88 bits per heavy atom. The fourth-order valence-electron chi connectivity index (χ4n) is 0.926. The average Bonchev–Trinajstić information content (AvgIpc) is 2.27. The molecule has 0 aromatic rings. The summed E-state index contributed by atoms with van der Waals surface area (Å²) >= 11 is 0. The molecule has 0 aliphatic heterocycles. The van der Waals surface area contributed by atoms with Gasteiger partial charge in [-0.05, 0) is 27.7 Å². The van der Waals surface area contributed by atoms with Gasteiger partial charge in [0.25, 0.3) is 0 Å². The fraction of sp³-hybridized carbons (Fsp3) is 1.00. The van der Waals surface area contributed by atoms with Crippen LogP contribution < -0.4 is 0 Å². The summed E-state index contributed by atoms with van der Waals surface area (Å²) in [4.78, 5) is 0. The monoisotopic (exact) mass is 252 g/mol. The number of methoxy groups -OCH3 is 1. The lowest BCUT2D eigenvalue weighted by Crippen LogP contribution is -2.22. The van der Waals surface area contributed by atoms with Crippen molar-refractivity contribution in [1.82, 2.24) is 0 Å². The lowest BCUT2D eigenvalue weighted by Gasteiger charge is -2.14. The third-order valence-corrected chi connectivity index (χ3v) is 1.73. The van der Waals surface area contributed by atoms with E-state index in [9.17, 15) is 0 Å². The Hall–Kier alpha value is -0.200. The first-order valence-electron chi connectivity index (χ1n) is 5.98. The van der Waals surface area contributed by atoms with Crippen LogP contribution in [0.4, 0.5) is 0 Å². The number of aliphatic hydroxyl groups is 2. The number of ether oxygens (including phenoxy) is 3. The van der Waals surface area contributed by atoms with Gasteiger partial charge in [-0.25, -0.2) is 0 Å². The van der Waals surface area contributed by atoms with E-state index < -0.39 is 0 Å². The van der Waals surface area contributed by atoms with Crippen LogP contribution in [0.5, 0.6) is 0 Å². The number of aliphatic hydroxyl groups excluding tert-OH is 2. The third kappa shape index (κ3) is 18.4.